The monoisotopic (exact) mass is 424 g/mol. The number of carbonyl (C=O) groups excluding carboxylic acids is 2. The van der Waals surface area contributed by atoms with Crippen LogP contribution in [0.5, 0.6) is 11.5 Å². The van der Waals surface area contributed by atoms with Crippen LogP contribution in [-0.2, 0) is 9.59 Å². The lowest BCUT2D eigenvalue weighted by atomic mass is 10.1. The molecule has 1 fully saturated rings. The number of anilines is 2. The maximum absolute atomic E-state index is 12.7. The van der Waals surface area contributed by atoms with Crippen molar-refractivity contribution in [1.82, 2.24) is 0 Å². The number of carbonyl (C=O) groups is 2. The van der Waals surface area contributed by atoms with Gasteiger partial charge in [-0.25, -0.2) is 0 Å². The molecule has 0 bridgehead atoms. The molecule has 31 heavy (non-hydrogen) atoms. The van der Waals surface area contributed by atoms with Gasteiger partial charge in [-0.05, 0) is 67.3 Å². The van der Waals surface area contributed by atoms with Gasteiger partial charge in [-0.15, -0.1) is 0 Å². The van der Waals surface area contributed by atoms with Gasteiger partial charge in [0.25, 0.3) is 0 Å². The zero-order chi connectivity index (χ0) is 22.2. The number of nitrogens with one attached hydrogen (secondary N) is 1. The number of ether oxygens (including phenoxy) is 2. The molecule has 0 saturated carbocycles. The van der Waals surface area contributed by atoms with Crippen molar-refractivity contribution < 1.29 is 19.1 Å². The number of nitrogens with zero attached hydrogens (tertiary/aromatic N) is 1. The van der Waals surface area contributed by atoms with Crippen molar-refractivity contribution in [1.29, 1.82) is 0 Å². The van der Waals surface area contributed by atoms with E-state index < -0.39 is 0 Å². The lowest BCUT2D eigenvalue weighted by Crippen LogP contribution is -2.28. The molecule has 1 atom stereocenters. The van der Waals surface area contributed by atoms with E-state index in [1.807, 2.05) is 48.5 Å². The Morgan fingerprint density at radius 2 is 1.65 bits per heavy atom. The lowest BCUT2D eigenvalue weighted by Gasteiger charge is -2.17. The quantitative estimate of drug-likeness (QED) is 0.590. The third kappa shape index (κ3) is 6.48. The molecule has 1 heterocycles. The van der Waals surface area contributed by atoms with Crippen LogP contribution < -0.4 is 19.7 Å². The Bertz CT molecular complexity index is 862. The van der Waals surface area contributed by atoms with E-state index in [0.717, 1.165) is 30.0 Å². The Balaban J connectivity index is 1.53. The van der Waals surface area contributed by atoms with Gasteiger partial charge in [-0.3, -0.25) is 9.59 Å². The second kappa shape index (κ2) is 10.8. The van der Waals surface area contributed by atoms with Crippen LogP contribution in [0, 0.1) is 11.8 Å². The predicted octanol–water partition coefficient (Wildman–Crippen LogP) is 4.89. The molecule has 2 aromatic rings. The van der Waals surface area contributed by atoms with Gasteiger partial charge in [0.15, 0.2) is 0 Å². The minimum atomic E-state index is -0.384. The molecule has 6 nitrogen and oxygen atoms in total. The molecule has 1 N–H and O–H groups in total. The van der Waals surface area contributed by atoms with Gasteiger partial charge in [-0.2, -0.15) is 0 Å². The van der Waals surface area contributed by atoms with Crippen LogP contribution in [-0.4, -0.2) is 31.6 Å². The third-order valence-electron chi connectivity index (χ3n) is 5.20. The SMILES string of the molecule is CCCOc1ccc(N2C[C@H](C(=O)Nc3ccc(OCCC(C)C)cc3)CC2=O)cc1. The van der Waals surface area contributed by atoms with E-state index in [2.05, 4.69) is 26.1 Å². The van der Waals surface area contributed by atoms with Crippen molar-refractivity contribution in [2.45, 2.75) is 40.0 Å². The van der Waals surface area contributed by atoms with Crippen LogP contribution in [0.2, 0.25) is 0 Å². The van der Waals surface area contributed by atoms with Crippen LogP contribution in [0.4, 0.5) is 11.4 Å². The molecule has 1 aliphatic heterocycles. The summed E-state index contributed by atoms with van der Waals surface area (Å²) in [5, 5.41) is 2.92. The van der Waals surface area contributed by atoms with E-state index in [4.69, 9.17) is 9.47 Å². The predicted molar refractivity (Wildman–Crippen MR) is 123 cm³/mol. The third-order valence-corrected chi connectivity index (χ3v) is 5.20. The fourth-order valence-corrected chi connectivity index (χ4v) is 3.37. The smallest absolute Gasteiger partial charge is 0.229 e. The van der Waals surface area contributed by atoms with E-state index >= 15 is 0 Å². The summed E-state index contributed by atoms with van der Waals surface area (Å²) < 4.78 is 11.3. The van der Waals surface area contributed by atoms with Crippen molar-refractivity contribution in [3.8, 4) is 11.5 Å². The summed E-state index contributed by atoms with van der Waals surface area (Å²) in [6.45, 7) is 8.08. The van der Waals surface area contributed by atoms with E-state index in [-0.39, 0.29) is 24.2 Å². The summed E-state index contributed by atoms with van der Waals surface area (Å²) in [4.78, 5) is 26.9. The number of hydrogen-bond acceptors (Lipinski definition) is 4. The fraction of sp³-hybridized carbons (Fsp3) is 0.440. The Hall–Kier alpha value is -3.02. The van der Waals surface area contributed by atoms with Crippen molar-refractivity contribution in [2.24, 2.45) is 11.8 Å². The first-order chi connectivity index (χ1) is 15.0. The summed E-state index contributed by atoms with van der Waals surface area (Å²) in [5.41, 5.74) is 1.48. The fourth-order valence-electron chi connectivity index (χ4n) is 3.37. The van der Waals surface area contributed by atoms with Crippen LogP contribution in [0.25, 0.3) is 0 Å². The van der Waals surface area contributed by atoms with Crippen LogP contribution >= 0.6 is 0 Å². The summed E-state index contributed by atoms with van der Waals surface area (Å²) in [7, 11) is 0. The molecule has 6 heteroatoms. The minimum Gasteiger partial charge on any atom is -0.494 e. The number of amides is 2. The Labute approximate surface area is 184 Å². The molecule has 2 amide bonds. The van der Waals surface area contributed by atoms with Gasteiger partial charge in [0, 0.05) is 24.3 Å². The summed E-state index contributed by atoms with van der Waals surface area (Å²) >= 11 is 0. The molecule has 1 saturated heterocycles. The zero-order valence-corrected chi connectivity index (χ0v) is 18.6. The van der Waals surface area contributed by atoms with Crippen LogP contribution in [0.15, 0.2) is 48.5 Å². The number of rotatable bonds is 10. The molecule has 0 radical (unpaired) electrons. The maximum Gasteiger partial charge on any atom is 0.229 e. The van der Waals surface area contributed by atoms with E-state index in [1.54, 1.807) is 4.90 Å². The molecule has 0 aromatic heterocycles. The molecule has 2 aromatic carbocycles. The topological polar surface area (TPSA) is 67.9 Å². The van der Waals surface area contributed by atoms with Gasteiger partial charge in [-0.1, -0.05) is 20.8 Å². The highest BCUT2D eigenvalue weighted by molar-refractivity contribution is 6.03. The van der Waals surface area contributed by atoms with Crippen molar-refractivity contribution in [3.63, 3.8) is 0 Å². The molecule has 1 aliphatic rings. The van der Waals surface area contributed by atoms with Crippen molar-refractivity contribution in [3.05, 3.63) is 48.5 Å². The Morgan fingerprint density at radius 1 is 1.03 bits per heavy atom. The van der Waals surface area contributed by atoms with Crippen molar-refractivity contribution >= 4 is 23.2 Å². The largest absolute Gasteiger partial charge is 0.494 e. The normalized spacial score (nSPS) is 15.9. The zero-order valence-electron chi connectivity index (χ0n) is 18.6. The summed E-state index contributed by atoms with van der Waals surface area (Å²) in [5.74, 6) is 1.59. The molecule has 0 spiro atoms. The molecular formula is C25H32N2O4. The van der Waals surface area contributed by atoms with E-state index in [0.29, 0.717) is 31.4 Å². The molecule has 166 valence electrons. The first-order valence-corrected chi connectivity index (χ1v) is 11.0. The standard InChI is InChI=1S/C25H32N2O4/c1-4-14-30-23-11-7-21(8-12-23)27-17-19(16-24(27)28)25(29)26-20-5-9-22(10-6-20)31-15-13-18(2)3/h5-12,18-19H,4,13-17H2,1-3H3,(H,26,29)/t19-/m1/s1. The van der Waals surface area contributed by atoms with E-state index in [1.165, 1.54) is 0 Å². The second-order valence-electron chi connectivity index (χ2n) is 8.29. The highest BCUT2D eigenvalue weighted by Crippen LogP contribution is 2.28. The first-order valence-electron chi connectivity index (χ1n) is 11.0. The van der Waals surface area contributed by atoms with Gasteiger partial charge < -0.3 is 19.7 Å². The summed E-state index contributed by atoms with van der Waals surface area (Å²) in [6.07, 6.45) is 2.15. The molecule has 0 unspecified atom stereocenters. The van der Waals surface area contributed by atoms with E-state index in [9.17, 15) is 9.59 Å². The van der Waals surface area contributed by atoms with Gasteiger partial charge >= 0.3 is 0 Å². The number of hydrogen-bond donors (Lipinski definition) is 1. The van der Waals surface area contributed by atoms with Crippen LogP contribution in [0.3, 0.4) is 0 Å². The second-order valence-corrected chi connectivity index (χ2v) is 8.29. The average molecular weight is 425 g/mol. The van der Waals surface area contributed by atoms with Gasteiger partial charge in [0.05, 0.1) is 19.1 Å². The van der Waals surface area contributed by atoms with Gasteiger partial charge in [0.1, 0.15) is 11.5 Å². The highest BCUT2D eigenvalue weighted by atomic mass is 16.5. The average Bonchev–Trinajstić information content (AvgIpc) is 3.15. The Kier molecular flexibility index (Phi) is 7.93. The maximum atomic E-state index is 12.7. The lowest BCUT2D eigenvalue weighted by molar-refractivity contribution is -0.122. The van der Waals surface area contributed by atoms with Crippen LogP contribution in [0.1, 0.15) is 40.0 Å². The molecule has 0 aliphatic carbocycles. The number of benzene rings is 2. The van der Waals surface area contributed by atoms with Gasteiger partial charge in [0.2, 0.25) is 11.8 Å². The Morgan fingerprint density at radius 3 is 2.26 bits per heavy atom. The molecular weight excluding hydrogens is 392 g/mol. The highest BCUT2D eigenvalue weighted by Gasteiger charge is 2.35. The first kappa shape index (κ1) is 22.7. The minimum absolute atomic E-state index is 0.0451. The molecule has 3 rings (SSSR count). The summed E-state index contributed by atoms with van der Waals surface area (Å²) in [6, 6.07) is 14.8. The van der Waals surface area contributed by atoms with Crippen molar-refractivity contribution in [2.75, 3.05) is 30.0 Å².